The minimum absolute atomic E-state index is 0.0613. The van der Waals surface area contributed by atoms with Crippen molar-refractivity contribution in [2.24, 2.45) is 5.92 Å². The van der Waals surface area contributed by atoms with E-state index >= 15 is 0 Å². The number of rotatable bonds is 3. The van der Waals surface area contributed by atoms with Gasteiger partial charge in [0.05, 0.1) is 10.8 Å². The number of esters is 1. The summed E-state index contributed by atoms with van der Waals surface area (Å²) < 4.78 is 5.57. The van der Waals surface area contributed by atoms with Crippen molar-refractivity contribution < 1.29 is 14.3 Å². The first kappa shape index (κ1) is 16.7. The Balaban J connectivity index is 1.56. The van der Waals surface area contributed by atoms with E-state index in [0.29, 0.717) is 31.7 Å². The fourth-order valence-corrected chi connectivity index (χ4v) is 3.67. The van der Waals surface area contributed by atoms with Crippen LogP contribution in [0.25, 0.3) is 0 Å². The number of aryl methyl sites for hydroxylation is 2. The summed E-state index contributed by atoms with van der Waals surface area (Å²) in [6.45, 7) is 5.16. The second kappa shape index (κ2) is 7.18. The molecule has 0 N–H and O–H groups in total. The molecule has 1 aromatic heterocycles. The zero-order valence-corrected chi connectivity index (χ0v) is 14.8. The Hall–Kier alpha value is -2.14. The van der Waals surface area contributed by atoms with Crippen molar-refractivity contribution in [1.29, 1.82) is 0 Å². The first-order valence-corrected chi connectivity index (χ1v) is 9.04. The van der Waals surface area contributed by atoms with Gasteiger partial charge in [0.25, 0.3) is 5.91 Å². The summed E-state index contributed by atoms with van der Waals surface area (Å²) in [7, 11) is 0. The number of amides is 1. The maximum Gasteiger partial charge on any atom is 0.314 e. The first-order valence-electron chi connectivity index (χ1n) is 8.16. The molecule has 3 rings (SSSR count). The lowest BCUT2D eigenvalue weighted by molar-refractivity contribution is -0.140. The normalized spacial score (nSPS) is 15.3. The molecule has 126 valence electrons. The summed E-state index contributed by atoms with van der Waals surface area (Å²) in [6, 6.07) is 9.51. The van der Waals surface area contributed by atoms with E-state index in [2.05, 4.69) is 0 Å². The van der Waals surface area contributed by atoms with Gasteiger partial charge in [-0.1, -0.05) is 23.8 Å². The minimum atomic E-state index is -0.190. The van der Waals surface area contributed by atoms with Crippen LogP contribution in [0.2, 0.25) is 0 Å². The molecule has 1 saturated heterocycles. The highest BCUT2D eigenvalue weighted by Crippen LogP contribution is 2.25. The zero-order chi connectivity index (χ0) is 17.1. The van der Waals surface area contributed by atoms with Gasteiger partial charge in [-0.05, 0) is 49.8 Å². The van der Waals surface area contributed by atoms with Crippen LogP contribution in [0, 0.1) is 19.8 Å². The number of likely N-dealkylation sites (tertiary alicyclic amines) is 1. The van der Waals surface area contributed by atoms with Gasteiger partial charge < -0.3 is 9.64 Å². The molecule has 24 heavy (non-hydrogen) atoms. The van der Waals surface area contributed by atoms with Gasteiger partial charge in [-0.15, -0.1) is 11.3 Å². The van der Waals surface area contributed by atoms with E-state index in [1.54, 1.807) is 0 Å². The van der Waals surface area contributed by atoms with Crippen molar-refractivity contribution in [1.82, 2.24) is 4.90 Å². The molecular weight excluding hydrogens is 322 g/mol. The van der Waals surface area contributed by atoms with Crippen molar-refractivity contribution in [3.05, 3.63) is 51.7 Å². The summed E-state index contributed by atoms with van der Waals surface area (Å²) in [5.74, 6) is 0.358. The van der Waals surface area contributed by atoms with E-state index in [1.807, 2.05) is 54.5 Å². The van der Waals surface area contributed by atoms with Crippen LogP contribution < -0.4 is 4.74 Å². The number of hydrogen-bond donors (Lipinski definition) is 0. The molecule has 2 aromatic rings. The molecule has 0 unspecified atom stereocenters. The topological polar surface area (TPSA) is 46.6 Å². The molecule has 0 bridgehead atoms. The monoisotopic (exact) mass is 343 g/mol. The second-order valence-corrected chi connectivity index (χ2v) is 7.18. The summed E-state index contributed by atoms with van der Waals surface area (Å²) >= 11 is 1.45. The van der Waals surface area contributed by atoms with Crippen LogP contribution in [0.4, 0.5) is 0 Å². The Morgan fingerprint density at radius 3 is 2.54 bits per heavy atom. The number of thiophene rings is 1. The Morgan fingerprint density at radius 1 is 1.17 bits per heavy atom. The van der Waals surface area contributed by atoms with Gasteiger partial charge in [-0.2, -0.15) is 0 Å². The standard InChI is InChI=1S/C19H21NO3S/c1-13-5-6-16(14(2)12-13)23-19(22)15-7-9-20(10-8-15)18(21)17-4-3-11-24-17/h3-6,11-12,15H,7-10H2,1-2H3. The van der Waals surface area contributed by atoms with Gasteiger partial charge in [0.1, 0.15) is 5.75 Å². The third-order valence-corrected chi connectivity index (χ3v) is 5.25. The lowest BCUT2D eigenvalue weighted by atomic mass is 9.97. The number of nitrogens with zero attached hydrogens (tertiary/aromatic N) is 1. The van der Waals surface area contributed by atoms with Gasteiger partial charge in [-0.3, -0.25) is 9.59 Å². The Labute approximate surface area is 146 Å². The second-order valence-electron chi connectivity index (χ2n) is 6.23. The predicted octanol–water partition coefficient (Wildman–Crippen LogP) is 3.82. The number of hydrogen-bond acceptors (Lipinski definition) is 4. The van der Waals surface area contributed by atoms with E-state index in [9.17, 15) is 9.59 Å². The molecule has 1 amide bonds. The molecule has 1 aliphatic heterocycles. The number of piperidine rings is 1. The first-order chi connectivity index (χ1) is 11.5. The number of carbonyl (C=O) groups is 2. The molecule has 1 aromatic carbocycles. The quantitative estimate of drug-likeness (QED) is 0.629. The molecular formula is C19H21NO3S. The van der Waals surface area contributed by atoms with E-state index in [4.69, 9.17) is 4.74 Å². The third-order valence-electron chi connectivity index (χ3n) is 4.39. The van der Waals surface area contributed by atoms with Crippen LogP contribution in [0.3, 0.4) is 0 Å². The largest absolute Gasteiger partial charge is 0.426 e. The lowest BCUT2D eigenvalue weighted by Crippen LogP contribution is -2.40. The molecule has 1 fully saturated rings. The van der Waals surface area contributed by atoms with Gasteiger partial charge in [0, 0.05) is 13.1 Å². The zero-order valence-electron chi connectivity index (χ0n) is 14.0. The van der Waals surface area contributed by atoms with Crippen LogP contribution in [-0.2, 0) is 4.79 Å². The molecule has 0 radical (unpaired) electrons. The number of benzene rings is 1. The highest BCUT2D eigenvalue weighted by atomic mass is 32.1. The molecule has 2 heterocycles. The summed E-state index contributed by atoms with van der Waals surface area (Å²) in [5.41, 5.74) is 2.11. The van der Waals surface area contributed by atoms with Crippen molar-refractivity contribution >= 4 is 23.2 Å². The molecule has 4 nitrogen and oxygen atoms in total. The fraction of sp³-hybridized carbons (Fsp3) is 0.368. The molecule has 0 atom stereocenters. The summed E-state index contributed by atoms with van der Waals surface area (Å²) in [6.07, 6.45) is 1.31. The van der Waals surface area contributed by atoms with E-state index in [0.717, 1.165) is 16.0 Å². The molecule has 1 aliphatic rings. The molecule has 0 aliphatic carbocycles. The van der Waals surface area contributed by atoms with Crippen LogP contribution >= 0.6 is 11.3 Å². The molecule has 5 heteroatoms. The van der Waals surface area contributed by atoms with Gasteiger partial charge in [0.2, 0.25) is 0 Å². The summed E-state index contributed by atoms with van der Waals surface area (Å²) in [5, 5.41) is 1.90. The average Bonchev–Trinajstić information content (AvgIpc) is 3.11. The van der Waals surface area contributed by atoms with Crippen molar-refractivity contribution in [2.75, 3.05) is 13.1 Å². The van der Waals surface area contributed by atoms with Crippen LogP contribution in [0.15, 0.2) is 35.7 Å². The maximum atomic E-state index is 12.4. The predicted molar refractivity (Wildman–Crippen MR) is 94.5 cm³/mol. The molecule has 0 saturated carbocycles. The smallest absolute Gasteiger partial charge is 0.314 e. The highest BCUT2D eigenvalue weighted by molar-refractivity contribution is 7.12. The van der Waals surface area contributed by atoms with Gasteiger partial charge in [0.15, 0.2) is 0 Å². The third kappa shape index (κ3) is 3.67. The highest BCUT2D eigenvalue weighted by Gasteiger charge is 2.29. The lowest BCUT2D eigenvalue weighted by Gasteiger charge is -2.30. The Morgan fingerprint density at radius 2 is 1.92 bits per heavy atom. The van der Waals surface area contributed by atoms with Crippen LogP contribution in [-0.4, -0.2) is 29.9 Å². The van der Waals surface area contributed by atoms with Crippen molar-refractivity contribution in [3.8, 4) is 5.75 Å². The number of ether oxygens (including phenoxy) is 1. The van der Waals surface area contributed by atoms with Crippen LogP contribution in [0.1, 0.15) is 33.6 Å². The Bertz CT molecular complexity index is 731. The van der Waals surface area contributed by atoms with Crippen LogP contribution in [0.5, 0.6) is 5.75 Å². The minimum Gasteiger partial charge on any atom is -0.426 e. The van der Waals surface area contributed by atoms with Crippen molar-refractivity contribution in [3.63, 3.8) is 0 Å². The van der Waals surface area contributed by atoms with E-state index in [1.165, 1.54) is 11.3 Å². The summed E-state index contributed by atoms with van der Waals surface area (Å²) in [4.78, 5) is 27.3. The van der Waals surface area contributed by atoms with Gasteiger partial charge in [-0.25, -0.2) is 0 Å². The van der Waals surface area contributed by atoms with Gasteiger partial charge >= 0.3 is 5.97 Å². The SMILES string of the molecule is Cc1ccc(OC(=O)C2CCN(C(=O)c3cccs3)CC2)c(C)c1. The fourth-order valence-electron chi connectivity index (χ4n) is 2.98. The van der Waals surface area contributed by atoms with Crippen molar-refractivity contribution in [2.45, 2.75) is 26.7 Å². The average molecular weight is 343 g/mol. The maximum absolute atomic E-state index is 12.4. The molecule has 0 spiro atoms. The number of carbonyl (C=O) groups excluding carboxylic acids is 2. The van der Waals surface area contributed by atoms with E-state index < -0.39 is 0 Å². The Kier molecular flexibility index (Phi) is 5.00. The van der Waals surface area contributed by atoms with E-state index in [-0.39, 0.29) is 17.8 Å².